The fourth-order valence-electron chi connectivity index (χ4n) is 2.92. The number of imidazole rings is 1. The highest BCUT2D eigenvalue weighted by atomic mass is 16.5. The number of aromatic nitrogens is 2. The molecule has 1 heterocycles. The van der Waals surface area contributed by atoms with Crippen molar-refractivity contribution in [2.75, 3.05) is 14.2 Å². The van der Waals surface area contributed by atoms with Crippen molar-refractivity contribution < 1.29 is 14.3 Å². The second kappa shape index (κ2) is 7.21. The molecular weight excluding hydrogens is 316 g/mol. The van der Waals surface area contributed by atoms with Crippen LogP contribution in [0.1, 0.15) is 28.7 Å². The van der Waals surface area contributed by atoms with E-state index in [-0.39, 0.29) is 5.78 Å². The van der Waals surface area contributed by atoms with Gasteiger partial charge in [0.1, 0.15) is 5.82 Å². The quantitative estimate of drug-likeness (QED) is 0.694. The molecule has 1 aromatic heterocycles. The zero-order valence-electron chi connectivity index (χ0n) is 14.5. The number of carbonyl (C=O) groups is 1. The van der Waals surface area contributed by atoms with Gasteiger partial charge in [-0.2, -0.15) is 0 Å². The average Bonchev–Trinajstić information content (AvgIpc) is 3.14. The molecule has 0 saturated heterocycles. The topological polar surface area (TPSA) is 64.2 Å². The summed E-state index contributed by atoms with van der Waals surface area (Å²) in [5.41, 5.74) is 3.48. The number of ketones is 1. The Morgan fingerprint density at radius 2 is 1.80 bits per heavy atom. The lowest BCUT2D eigenvalue weighted by molar-refractivity contribution is 0.101. The molecule has 0 saturated carbocycles. The molecule has 25 heavy (non-hydrogen) atoms. The predicted octanol–water partition coefficient (Wildman–Crippen LogP) is 3.89. The number of H-pyrrole nitrogens is 1. The number of aromatic amines is 1. The number of carbonyl (C=O) groups excluding carboxylic acids is 1. The third kappa shape index (κ3) is 3.40. The molecule has 128 valence electrons. The van der Waals surface area contributed by atoms with Crippen LogP contribution in [0.25, 0.3) is 11.1 Å². The van der Waals surface area contributed by atoms with Crippen LogP contribution in [0.15, 0.2) is 48.8 Å². The monoisotopic (exact) mass is 336 g/mol. The predicted molar refractivity (Wildman–Crippen MR) is 96.4 cm³/mol. The molecule has 3 aromatic rings. The largest absolute Gasteiger partial charge is 0.493 e. The summed E-state index contributed by atoms with van der Waals surface area (Å²) in [7, 11) is 3.21. The van der Waals surface area contributed by atoms with Crippen molar-refractivity contribution in [3.05, 3.63) is 65.7 Å². The van der Waals surface area contributed by atoms with Gasteiger partial charge in [0.15, 0.2) is 17.3 Å². The Labute approximate surface area is 146 Å². The molecule has 0 bridgehead atoms. The van der Waals surface area contributed by atoms with Gasteiger partial charge in [0.05, 0.1) is 14.2 Å². The van der Waals surface area contributed by atoms with E-state index in [1.807, 2.05) is 36.4 Å². The molecule has 5 nitrogen and oxygen atoms in total. The molecule has 0 aliphatic carbocycles. The van der Waals surface area contributed by atoms with Crippen LogP contribution >= 0.6 is 0 Å². The van der Waals surface area contributed by atoms with Crippen LogP contribution in [0.2, 0.25) is 0 Å². The van der Waals surface area contributed by atoms with Gasteiger partial charge in [-0.1, -0.05) is 24.3 Å². The van der Waals surface area contributed by atoms with Crippen LogP contribution in [0.3, 0.4) is 0 Å². The zero-order valence-corrected chi connectivity index (χ0v) is 14.5. The van der Waals surface area contributed by atoms with E-state index in [1.165, 1.54) is 0 Å². The van der Waals surface area contributed by atoms with E-state index >= 15 is 0 Å². The van der Waals surface area contributed by atoms with Crippen molar-refractivity contribution in [1.82, 2.24) is 9.97 Å². The number of ether oxygens (including phenoxy) is 2. The third-order valence-corrected chi connectivity index (χ3v) is 4.12. The van der Waals surface area contributed by atoms with E-state index in [0.29, 0.717) is 23.5 Å². The van der Waals surface area contributed by atoms with Crippen molar-refractivity contribution in [3.63, 3.8) is 0 Å². The highest BCUT2D eigenvalue weighted by molar-refractivity contribution is 6.01. The number of Topliss-reactive ketones (excluding diaryl/α,β-unsaturated/α-hetero) is 1. The van der Waals surface area contributed by atoms with Crippen LogP contribution < -0.4 is 9.47 Å². The Hall–Kier alpha value is -3.08. The number of rotatable bonds is 6. The molecule has 0 unspecified atom stereocenters. The Kier molecular flexibility index (Phi) is 4.84. The molecule has 0 fully saturated rings. The Morgan fingerprint density at radius 3 is 2.44 bits per heavy atom. The van der Waals surface area contributed by atoms with Crippen LogP contribution in [0, 0.1) is 0 Å². The van der Waals surface area contributed by atoms with Gasteiger partial charge in [-0.15, -0.1) is 0 Å². The fraction of sp³-hybridized carbons (Fsp3) is 0.200. The van der Waals surface area contributed by atoms with E-state index in [2.05, 4.69) is 9.97 Å². The first kappa shape index (κ1) is 16.8. The molecule has 0 atom stereocenters. The number of nitrogens with one attached hydrogen (secondary N) is 1. The summed E-state index contributed by atoms with van der Waals surface area (Å²) in [6.07, 6.45) is 4.10. The average molecular weight is 336 g/mol. The third-order valence-electron chi connectivity index (χ3n) is 4.12. The van der Waals surface area contributed by atoms with E-state index in [9.17, 15) is 4.79 Å². The lowest BCUT2D eigenvalue weighted by Crippen LogP contribution is -2.02. The molecule has 1 N–H and O–H groups in total. The molecule has 0 radical (unpaired) electrons. The lowest BCUT2D eigenvalue weighted by atomic mass is 9.92. The van der Waals surface area contributed by atoms with Crippen molar-refractivity contribution in [2.45, 2.75) is 13.3 Å². The lowest BCUT2D eigenvalue weighted by Gasteiger charge is -2.16. The van der Waals surface area contributed by atoms with Crippen molar-refractivity contribution >= 4 is 5.78 Å². The van der Waals surface area contributed by atoms with Gasteiger partial charge in [-0.05, 0) is 35.7 Å². The summed E-state index contributed by atoms with van der Waals surface area (Å²) in [6, 6.07) is 11.4. The van der Waals surface area contributed by atoms with Crippen LogP contribution in [0.4, 0.5) is 0 Å². The second-order valence-corrected chi connectivity index (χ2v) is 5.68. The Morgan fingerprint density at radius 1 is 1.08 bits per heavy atom. The summed E-state index contributed by atoms with van der Waals surface area (Å²) >= 11 is 0. The van der Waals surface area contributed by atoms with Crippen molar-refractivity contribution in [3.8, 4) is 22.6 Å². The standard InChI is InChI=1S/C20H20N2O3/c1-13(23)15-6-4-5-7-16(15)17-12-19(25-3)18(24-2)10-14(17)11-20-21-8-9-22-20/h4-10,12H,11H2,1-3H3,(H,21,22). The van der Waals surface area contributed by atoms with E-state index in [1.54, 1.807) is 33.5 Å². The normalized spacial score (nSPS) is 10.5. The Balaban J connectivity index is 2.21. The van der Waals surface area contributed by atoms with Gasteiger partial charge in [0, 0.05) is 24.4 Å². The summed E-state index contributed by atoms with van der Waals surface area (Å²) in [5.74, 6) is 2.13. The van der Waals surface area contributed by atoms with Crippen molar-refractivity contribution in [2.24, 2.45) is 0 Å². The maximum atomic E-state index is 12.1. The first-order chi connectivity index (χ1) is 12.1. The number of benzene rings is 2. The van der Waals surface area contributed by atoms with E-state index in [0.717, 1.165) is 22.5 Å². The minimum atomic E-state index is 0.0225. The number of methoxy groups -OCH3 is 2. The summed E-state index contributed by atoms with van der Waals surface area (Å²) in [4.78, 5) is 19.5. The summed E-state index contributed by atoms with van der Waals surface area (Å²) in [5, 5.41) is 0. The molecule has 2 aromatic carbocycles. The van der Waals surface area contributed by atoms with Crippen LogP contribution in [-0.4, -0.2) is 30.0 Å². The number of nitrogens with zero attached hydrogens (tertiary/aromatic N) is 1. The molecule has 0 spiro atoms. The van der Waals surface area contributed by atoms with Crippen LogP contribution in [0.5, 0.6) is 11.5 Å². The Bertz CT molecular complexity index is 886. The SMILES string of the molecule is COc1cc(Cc2ncc[nH]2)c(-c2ccccc2C(C)=O)cc1OC. The van der Waals surface area contributed by atoms with Crippen LogP contribution in [-0.2, 0) is 6.42 Å². The minimum absolute atomic E-state index is 0.0225. The highest BCUT2D eigenvalue weighted by Gasteiger charge is 2.17. The van der Waals surface area contributed by atoms with Gasteiger partial charge < -0.3 is 14.5 Å². The smallest absolute Gasteiger partial charge is 0.161 e. The molecule has 3 rings (SSSR count). The molecule has 0 aliphatic rings. The number of hydrogen-bond acceptors (Lipinski definition) is 4. The summed E-state index contributed by atoms with van der Waals surface area (Å²) in [6.45, 7) is 1.58. The first-order valence-corrected chi connectivity index (χ1v) is 7.97. The second-order valence-electron chi connectivity index (χ2n) is 5.68. The summed E-state index contributed by atoms with van der Waals surface area (Å²) < 4.78 is 10.9. The van der Waals surface area contributed by atoms with Gasteiger partial charge in [-0.25, -0.2) is 4.98 Å². The van der Waals surface area contributed by atoms with Gasteiger partial charge in [-0.3, -0.25) is 4.79 Å². The minimum Gasteiger partial charge on any atom is -0.493 e. The molecule has 0 aliphatic heterocycles. The van der Waals surface area contributed by atoms with Gasteiger partial charge in [0.25, 0.3) is 0 Å². The maximum absolute atomic E-state index is 12.1. The van der Waals surface area contributed by atoms with Crippen molar-refractivity contribution in [1.29, 1.82) is 0 Å². The van der Waals surface area contributed by atoms with Gasteiger partial charge in [0.2, 0.25) is 0 Å². The first-order valence-electron chi connectivity index (χ1n) is 7.97. The maximum Gasteiger partial charge on any atom is 0.161 e. The fourth-order valence-corrected chi connectivity index (χ4v) is 2.92. The van der Waals surface area contributed by atoms with E-state index < -0.39 is 0 Å². The molecular formula is C20H20N2O3. The zero-order chi connectivity index (χ0) is 17.8. The highest BCUT2D eigenvalue weighted by Crippen LogP contribution is 2.37. The molecule has 0 amide bonds. The molecule has 5 heteroatoms. The van der Waals surface area contributed by atoms with E-state index in [4.69, 9.17) is 9.47 Å². The van der Waals surface area contributed by atoms with Gasteiger partial charge >= 0.3 is 0 Å². The number of hydrogen-bond donors (Lipinski definition) is 1.